The SMILES string of the molecule is Nc1ccc(-c2ncc3c(n2)CCN(Cc2c(Cl)c4cc(Br)ccc4oc2=O)C3)cc1. The summed E-state index contributed by atoms with van der Waals surface area (Å²) in [6.45, 7) is 1.81. The third kappa shape index (κ3) is 3.96. The number of fused-ring (bicyclic) bond motifs is 2. The first-order valence-corrected chi connectivity index (χ1v) is 11.0. The van der Waals surface area contributed by atoms with E-state index in [1.54, 1.807) is 6.07 Å². The second-order valence-corrected chi connectivity index (χ2v) is 8.86. The number of benzene rings is 2. The molecule has 2 aromatic carbocycles. The van der Waals surface area contributed by atoms with E-state index < -0.39 is 5.63 Å². The molecule has 3 heterocycles. The average molecular weight is 498 g/mol. The van der Waals surface area contributed by atoms with E-state index in [1.165, 1.54) is 0 Å². The van der Waals surface area contributed by atoms with Crippen molar-refractivity contribution in [2.75, 3.05) is 12.3 Å². The summed E-state index contributed by atoms with van der Waals surface area (Å²) in [5, 5.41) is 1.16. The highest BCUT2D eigenvalue weighted by molar-refractivity contribution is 9.10. The van der Waals surface area contributed by atoms with Crippen molar-refractivity contribution in [2.24, 2.45) is 0 Å². The minimum absolute atomic E-state index is 0.402. The molecule has 0 fully saturated rings. The Balaban J connectivity index is 1.40. The number of hydrogen-bond acceptors (Lipinski definition) is 6. The van der Waals surface area contributed by atoms with E-state index in [4.69, 9.17) is 26.7 Å². The van der Waals surface area contributed by atoms with Crippen molar-refractivity contribution < 1.29 is 4.42 Å². The van der Waals surface area contributed by atoms with Crippen LogP contribution in [0.1, 0.15) is 16.8 Å². The zero-order valence-electron chi connectivity index (χ0n) is 16.4. The zero-order chi connectivity index (χ0) is 21.5. The highest BCUT2D eigenvalue weighted by atomic mass is 79.9. The standard InChI is InChI=1S/C23H18BrClN4O2/c24-15-3-6-20-17(9-15)21(25)18(23(30)31-20)12-29-8-7-19-14(11-29)10-27-22(28-19)13-1-4-16(26)5-2-13/h1-6,9-10H,7-8,11-12,26H2. The molecule has 2 N–H and O–H groups in total. The molecule has 0 saturated heterocycles. The summed E-state index contributed by atoms with van der Waals surface area (Å²) in [6, 6.07) is 13.0. The second-order valence-electron chi connectivity index (χ2n) is 7.57. The molecule has 5 rings (SSSR count). The van der Waals surface area contributed by atoms with E-state index in [9.17, 15) is 4.79 Å². The average Bonchev–Trinajstić information content (AvgIpc) is 2.77. The van der Waals surface area contributed by atoms with E-state index in [2.05, 4.69) is 25.8 Å². The van der Waals surface area contributed by atoms with E-state index in [0.717, 1.165) is 39.6 Å². The van der Waals surface area contributed by atoms with Gasteiger partial charge in [0.25, 0.3) is 0 Å². The maximum absolute atomic E-state index is 12.6. The van der Waals surface area contributed by atoms with Gasteiger partial charge in [-0.3, -0.25) is 4.90 Å². The van der Waals surface area contributed by atoms with Crippen LogP contribution in [0, 0.1) is 0 Å². The summed E-state index contributed by atoms with van der Waals surface area (Å²) in [5.41, 5.74) is 10.0. The second kappa shape index (κ2) is 8.07. The number of nitrogen functional groups attached to an aromatic ring is 1. The zero-order valence-corrected chi connectivity index (χ0v) is 18.8. The molecule has 1 aliphatic heterocycles. The molecule has 156 valence electrons. The lowest BCUT2D eigenvalue weighted by atomic mass is 10.1. The van der Waals surface area contributed by atoms with Gasteiger partial charge in [-0.05, 0) is 42.5 Å². The van der Waals surface area contributed by atoms with Crippen molar-refractivity contribution in [3.63, 3.8) is 0 Å². The van der Waals surface area contributed by atoms with Gasteiger partial charge in [0.05, 0.1) is 16.3 Å². The van der Waals surface area contributed by atoms with Crippen molar-refractivity contribution >= 4 is 44.2 Å². The molecule has 0 spiro atoms. The monoisotopic (exact) mass is 496 g/mol. The summed E-state index contributed by atoms with van der Waals surface area (Å²) in [7, 11) is 0. The van der Waals surface area contributed by atoms with E-state index in [-0.39, 0.29) is 0 Å². The molecule has 0 unspecified atom stereocenters. The molecule has 4 aromatic rings. The van der Waals surface area contributed by atoms with E-state index in [0.29, 0.717) is 40.8 Å². The lowest BCUT2D eigenvalue weighted by Gasteiger charge is -2.28. The van der Waals surface area contributed by atoms with Crippen LogP contribution in [0.25, 0.3) is 22.4 Å². The first-order valence-electron chi connectivity index (χ1n) is 9.82. The number of nitrogens with two attached hydrogens (primary N) is 1. The number of halogens is 2. The molecule has 0 amide bonds. The third-order valence-electron chi connectivity index (χ3n) is 5.46. The van der Waals surface area contributed by atoms with Gasteiger partial charge in [-0.25, -0.2) is 14.8 Å². The third-order valence-corrected chi connectivity index (χ3v) is 6.38. The number of anilines is 1. The maximum Gasteiger partial charge on any atom is 0.342 e. The van der Waals surface area contributed by atoms with Crippen LogP contribution in [0.3, 0.4) is 0 Å². The fourth-order valence-electron chi connectivity index (χ4n) is 3.81. The predicted molar refractivity (Wildman–Crippen MR) is 125 cm³/mol. The molecule has 8 heteroatoms. The van der Waals surface area contributed by atoms with Gasteiger partial charge >= 0.3 is 5.63 Å². The maximum atomic E-state index is 12.6. The summed E-state index contributed by atoms with van der Waals surface area (Å²) < 4.78 is 6.37. The molecule has 6 nitrogen and oxygen atoms in total. The topological polar surface area (TPSA) is 85.2 Å². The van der Waals surface area contributed by atoms with Gasteiger partial charge in [0.1, 0.15) is 5.58 Å². The van der Waals surface area contributed by atoms with Gasteiger partial charge in [0.15, 0.2) is 5.82 Å². The Kier molecular flexibility index (Phi) is 5.25. The van der Waals surface area contributed by atoms with E-state index in [1.807, 2.05) is 42.6 Å². The number of rotatable bonds is 3. The first-order chi connectivity index (χ1) is 15.0. The van der Waals surface area contributed by atoms with Gasteiger partial charge in [0.2, 0.25) is 0 Å². The first kappa shape index (κ1) is 20.2. The lowest BCUT2D eigenvalue weighted by molar-refractivity contribution is 0.240. The van der Waals surface area contributed by atoms with Crippen LogP contribution < -0.4 is 11.4 Å². The molecule has 0 radical (unpaired) electrons. The van der Waals surface area contributed by atoms with Gasteiger partial charge in [-0.1, -0.05) is 27.5 Å². The van der Waals surface area contributed by atoms with Crippen LogP contribution in [0.4, 0.5) is 5.69 Å². The highest BCUT2D eigenvalue weighted by Gasteiger charge is 2.22. The van der Waals surface area contributed by atoms with Gasteiger partial charge in [-0.15, -0.1) is 0 Å². The minimum atomic E-state index is -0.402. The van der Waals surface area contributed by atoms with Crippen molar-refractivity contribution in [3.8, 4) is 11.4 Å². The summed E-state index contributed by atoms with van der Waals surface area (Å²) in [6.07, 6.45) is 2.63. The van der Waals surface area contributed by atoms with Crippen LogP contribution in [-0.4, -0.2) is 21.4 Å². The number of hydrogen-bond donors (Lipinski definition) is 1. The Bertz CT molecular complexity index is 1350. The summed E-state index contributed by atoms with van der Waals surface area (Å²) in [5.74, 6) is 0.691. The Hall–Kier alpha value is -2.74. The number of aromatic nitrogens is 2. The molecular formula is C23H18BrClN4O2. The van der Waals surface area contributed by atoms with Crippen LogP contribution in [-0.2, 0) is 19.5 Å². The van der Waals surface area contributed by atoms with Crippen LogP contribution >= 0.6 is 27.5 Å². The molecule has 2 aromatic heterocycles. The predicted octanol–water partition coefficient (Wildman–Crippen LogP) is 4.81. The van der Waals surface area contributed by atoms with Crippen molar-refractivity contribution in [1.29, 1.82) is 0 Å². The molecule has 31 heavy (non-hydrogen) atoms. The smallest absolute Gasteiger partial charge is 0.342 e. The van der Waals surface area contributed by atoms with Crippen molar-refractivity contribution in [2.45, 2.75) is 19.5 Å². The van der Waals surface area contributed by atoms with Gasteiger partial charge in [0, 0.05) is 58.9 Å². The summed E-state index contributed by atoms with van der Waals surface area (Å²) >= 11 is 10.0. The highest BCUT2D eigenvalue weighted by Crippen LogP contribution is 2.29. The normalized spacial score (nSPS) is 14.0. The largest absolute Gasteiger partial charge is 0.422 e. The van der Waals surface area contributed by atoms with E-state index >= 15 is 0 Å². The molecule has 0 aliphatic carbocycles. The summed E-state index contributed by atoms with van der Waals surface area (Å²) in [4.78, 5) is 24.0. The Morgan fingerprint density at radius 1 is 1.19 bits per heavy atom. The fraction of sp³-hybridized carbons (Fsp3) is 0.174. The van der Waals surface area contributed by atoms with Crippen molar-refractivity contribution in [1.82, 2.24) is 14.9 Å². The number of nitrogens with zero attached hydrogens (tertiary/aromatic N) is 3. The molecular weight excluding hydrogens is 480 g/mol. The molecule has 0 bridgehead atoms. The van der Waals surface area contributed by atoms with Crippen LogP contribution in [0.15, 0.2) is 62.3 Å². The van der Waals surface area contributed by atoms with Crippen LogP contribution in [0.2, 0.25) is 5.02 Å². The van der Waals surface area contributed by atoms with Gasteiger partial charge in [-0.2, -0.15) is 0 Å². The minimum Gasteiger partial charge on any atom is -0.422 e. The molecule has 0 atom stereocenters. The van der Waals surface area contributed by atoms with Crippen molar-refractivity contribution in [3.05, 3.63) is 85.4 Å². The lowest BCUT2D eigenvalue weighted by Crippen LogP contribution is -2.32. The molecule has 1 aliphatic rings. The molecule has 0 saturated carbocycles. The van der Waals surface area contributed by atoms with Crippen LogP contribution in [0.5, 0.6) is 0 Å². The quantitative estimate of drug-likeness (QED) is 0.323. The fourth-order valence-corrected chi connectivity index (χ4v) is 4.46. The Morgan fingerprint density at radius 3 is 2.81 bits per heavy atom. The Labute approximate surface area is 191 Å². The van der Waals surface area contributed by atoms with Gasteiger partial charge < -0.3 is 10.2 Å². The Morgan fingerprint density at radius 2 is 2.00 bits per heavy atom.